The summed E-state index contributed by atoms with van der Waals surface area (Å²) in [6, 6.07) is 11.5. The maximum Gasteiger partial charge on any atom is 0.262 e. The second-order valence-electron chi connectivity index (χ2n) is 8.81. The molecule has 8 heteroatoms. The number of nitrogens with zero attached hydrogens (tertiary/aromatic N) is 3. The molecule has 0 aliphatic carbocycles. The first-order valence-corrected chi connectivity index (χ1v) is 12.9. The maximum atomic E-state index is 13.6. The lowest BCUT2D eigenvalue weighted by Gasteiger charge is -2.16. The van der Waals surface area contributed by atoms with Gasteiger partial charge in [-0.15, -0.1) is 0 Å². The van der Waals surface area contributed by atoms with Gasteiger partial charge in [-0.2, -0.15) is 4.40 Å². The predicted octanol–water partition coefficient (Wildman–Crippen LogP) is 5.15. The third-order valence-corrected chi connectivity index (χ3v) is 7.42. The minimum atomic E-state index is -1.40. The lowest BCUT2D eigenvalue weighted by atomic mass is 10.0. The van der Waals surface area contributed by atoms with Crippen molar-refractivity contribution in [3.05, 3.63) is 63.4 Å². The summed E-state index contributed by atoms with van der Waals surface area (Å²) in [5.74, 6) is 1.55. The van der Waals surface area contributed by atoms with E-state index in [0.717, 1.165) is 28.2 Å². The topological polar surface area (TPSA) is 73.5 Å². The minimum absolute atomic E-state index is 0.0959. The van der Waals surface area contributed by atoms with Crippen LogP contribution in [0, 0.1) is 6.92 Å². The van der Waals surface area contributed by atoms with Crippen LogP contribution in [0.15, 0.2) is 50.7 Å². The molecule has 0 saturated carbocycles. The van der Waals surface area contributed by atoms with Crippen LogP contribution in [0.1, 0.15) is 51.3 Å². The molecule has 0 spiro atoms. The van der Waals surface area contributed by atoms with E-state index in [4.69, 9.17) is 9.72 Å². The maximum absolute atomic E-state index is 13.6. The molecular formula is C25H31N3O3S2. The Labute approximate surface area is 202 Å². The van der Waals surface area contributed by atoms with Crippen LogP contribution in [0.3, 0.4) is 0 Å². The number of fused-ring (bicyclic) bond motifs is 1. The molecule has 0 amide bonds. The minimum Gasteiger partial charge on any atom is -0.497 e. The Kier molecular flexibility index (Phi) is 7.80. The first-order valence-electron chi connectivity index (χ1n) is 10.8. The number of rotatable bonds is 7. The Bertz CT molecular complexity index is 1270. The lowest BCUT2D eigenvalue weighted by Crippen LogP contribution is -2.25. The van der Waals surface area contributed by atoms with E-state index in [2.05, 4.69) is 4.40 Å². The monoisotopic (exact) mass is 485 g/mol. The Hall–Kier alpha value is -2.45. The van der Waals surface area contributed by atoms with Crippen molar-refractivity contribution in [1.29, 1.82) is 0 Å². The molecule has 2 aromatic carbocycles. The number of thioether (sulfide) groups is 1. The van der Waals surface area contributed by atoms with Crippen LogP contribution >= 0.6 is 11.8 Å². The van der Waals surface area contributed by atoms with Crippen molar-refractivity contribution in [2.45, 2.75) is 58.0 Å². The first kappa shape index (κ1) is 25.2. The van der Waals surface area contributed by atoms with Gasteiger partial charge in [-0.1, -0.05) is 30.8 Å². The molecule has 0 radical (unpaired) electrons. The molecule has 0 bridgehead atoms. The summed E-state index contributed by atoms with van der Waals surface area (Å²) in [6.45, 7) is 11.9. The Morgan fingerprint density at radius 1 is 1.21 bits per heavy atom. The second kappa shape index (κ2) is 10.2. The Morgan fingerprint density at radius 3 is 2.45 bits per heavy atom. The molecule has 1 aromatic heterocycles. The number of aryl methyl sites for hydroxylation is 1. The summed E-state index contributed by atoms with van der Waals surface area (Å²) >= 11 is 1.53. The average molecular weight is 486 g/mol. The van der Waals surface area contributed by atoms with E-state index < -0.39 is 15.7 Å². The van der Waals surface area contributed by atoms with E-state index in [0.29, 0.717) is 28.3 Å². The van der Waals surface area contributed by atoms with Gasteiger partial charge in [-0.3, -0.25) is 9.36 Å². The largest absolute Gasteiger partial charge is 0.497 e. The Morgan fingerprint density at radius 2 is 1.88 bits per heavy atom. The molecule has 1 heterocycles. The normalized spacial score (nSPS) is 13.4. The van der Waals surface area contributed by atoms with Crippen molar-refractivity contribution >= 4 is 39.4 Å². The van der Waals surface area contributed by atoms with Crippen molar-refractivity contribution < 1.29 is 8.95 Å². The van der Waals surface area contributed by atoms with Crippen LogP contribution in [0.4, 0.5) is 0 Å². The van der Waals surface area contributed by atoms with Gasteiger partial charge in [0.2, 0.25) is 0 Å². The molecular weight excluding hydrogens is 454 g/mol. The van der Waals surface area contributed by atoms with Gasteiger partial charge in [-0.05, 0) is 75.8 Å². The molecule has 33 heavy (non-hydrogen) atoms. The SMILES string of the molecule is CCSc1nc2c(/C(C)=N\[S@](=O)C(C)(C)C)cc(C)cc2c(=O)n1Cc1ccc(OC)cc1. The van der Waals surface area contributed by atoms with Crippen molar-refractivity contribution in [2.75, 3.05) is 12.9 Å². The van der Waals surface area contributed by atoms with E-state index in [1.165, 1.54) is 11.8 Å². The quantitative estimate of drug-likeness (QED) is 0.263. The zero-order valence-electron chi connectivity index (χ0n) is 20.3. The number of benzene rings is 2. The standard InChI is InChI=1S/C25H31N3O3S2/c1-8-32-24-26-22-20(17(3)27-33(30)25(4,5)6)13-16(2)14-21(22)23(29)28(24)15-18-9-11-19(31-7)12-10-18/h9-14H,8,15H2,1-7H3/b27-17-/t33-/m1/s1. The fraction of sp³-hybridized carbons (Fsp3) is 0.400. The van der Waals surface area contributed by atoms with Crippen molar-refractivity contribution in [3.8, 4) is 5.75 Å². The highest BCUT2D eigenvalue weighted by molar-refractivity contribution is 7.99. The van der Waals surface area contributed by atoms with Gasteiger partial charge >= 0.3 is 0 Å². The van der Waals surface area contributed by atoms with Gasteiger partial charge in [0.15, 0.2) is 5.16 Å². The van der Waals surface area contributed by atoms with Crippen LogP contribution in [-0.4, -0.2) is 37.1 Å². The summed E-state index contributed by atoms with van der Waals surface area (Å²) in [4.78, 5) is 18.6. The van der Waals surface area contributed by atoms with E-state index in [1.54, 1.807) is 11.7 Å². The van der Waals surface area contributed by atoms with Gasteiger partial charge < -0.3 is 4.74 Å². The van der Waals surface area contributed by atoms with Crippen molar-refractivity contribution in [2.24, 2.45) is 4.40 Å². The number of hydrogen-bond donors (Lipinski definition) is 0. The highest BCUT2D eigenvalue weighted by Gasteiger charge is 2.21. The molecule has 6 nitrogen and oxygen atoms in total. The number of aromatic nitrogens is 2. The van der Waals surface area contributed by atoms with E-state index in [1.807, 2.05) is 77.9 Å². The van der Waals surface area contributed by atoms with Gasteiger partial charge in [0.25, 0.3) is 5.56 Å². The average Bonchev–Trinajstić information content (AvgIpc) is 2.76. The zero-order chi connectivity index (χ0) is 24.3. The fourth-order valence-corrected chi connectivity index (χ4v) is 4.67. The van der Waals surface area contributed by atoms with Gasteiger partial charge in [0.1, 0.15) is 16.7 Å². The van der Waals surface area contributed by atoms with Gasteiger partial charge in [0.05, 0.1) is 35.0 Å². The zero-order valence-corrected chi connectivity index (χ0v) is 21.9. The van der Waals surface area contributed by atoms with Gasteiger partial charge in [-0.25, -0.2) is 9.19 Å². The van der Waals surface area contributed by atoms with Crippen molar-refractivity contribution in [1.82, 2.24) is 9.55 Å². The Balaban J connectivity index is 2.20. The molecule has 176 valence electrons. The second-order valence-corrected chi connectivity index (χ2v) is 12.0. The van der Waals surface area contributed by atoms with Crippen LogP contribution in [-0.2, 0) is 17.5 Å². The molecule has 0 fully saturated rings. The summed E-state index contributed by atoms with van der Waals surface area (Å²) in [5.41, 5.74) is 3.78. The third-order valence-electron chi connectivity index (χ3n) is 5.07. The molecule has 3 aromatic rings. The van der Waals surface area contributed by atoms with Crippen LogP contribution < -0.4 is 10.3 Å². The third kappa shape index (κ3) is 5.73. The molecule has 0 saturated heterocycles. The van der Waals surface area contributed by atoms with E-state index in [9.17, 15) is 9.00 Å². The lowest BCUT2D eigenvalue weighted by molar-refractivity contribution is 0.414. The number of hydrogen-bond acceptors (Lipinski definition) is 5. The van der Waals surface area contributed by atoms with Crippen LogP contribution in [0.25, 0.3) is 10.9 Å². The van der Waals surface area contributed by atoms with Gasteiger partial charge in [0, 0.05) is 5.56 Å². The summed E-state index contributed by atoms with van der Waals surface area (Å²) in [7, 11) is 0.226. The highest BCUT2D eigenvalue weighted by atomic mass is 32.2. The van der Waals surface area contributed by atoms with E-state index >= 15 is 0 Å². The fourth-order valence-electron chi connectivity index (χ4n) is 3.33. The highest BCUT2D eigenvalue weighted by Crippen LogP contribution is 2.24. The molecule has 0 aliphatic rings. The number of methoxy groups -OCH3 is 1. The van der Waals surface area contributed by atoms with Crippen LogP contribution in [0.2, 0.25) is 0 Å². The summed E-state index contributed by atoms with van der Waals surface area (Å²) < 4.78 is 23.6. The summed E-state index contributed by atoms with van der Waals surface area (Å²) in [6.07, 6.45) is 0. The van der Waals surface area contributed by atoms with Crippen molar-refractivity contribution in [3.63, 3.8) is 0 Å². The molecule has 1 atom stereocenters. The molecule has 0 unspecified atom stereocenters. The molecule has 0 N–H and O–H groups in total. The molecule has 3 rings (SSSR count). The smallest absolute Gasteiger partial charge is 0.262 e. The van der Waals surface area contributed by atoms with Crippen LogP contribution in [0.5, 0.6) is 5.75 Å². The predicted molar refractivity (Wildman–Crippen MR) is 139 cm³/mol. The summed E-state index contributed by atoms with van der Waals surface area (Å²) in [5, 5.41) is 1.19. The molecule has 0 aliphatic heterocycles. The first-order chi connectivity index (χ1) is 15.5. The van der Waals surface area contributed by atoms with E-state index in [-0.39, 0.29) is 5.56 Å². The number of ether oxygens (including phenoxy) is 1.